The highest BCUT2D eigenvalue weighted by molar-refractivity contribution is 7.92. The maximum absolute atomic E-state index is 13.0. The SMILES string of the molecule is Cc1cc(F)ccc1NS(=O)(=O)c1cc(CO)n(C)c1. The molecule has 0 aliphatic heterocycles. The van der Waals surface area contributed by atoms with Gasteiger partial charge in [-0.3, -0.25) is 4.72 Å². The van der Waals surface area contributed by atoms with Gasteiger partial charge >= 0.3 is 0 Å². The van der Waals surface area contributed by atoms with Crippen molar-refractivity contribution in [1.29, 1.82) is 0 Å². The Kier molecular flexibility index (Phi) is 3.82. The number of nitrogens with zero attached hydrogens (tertiary/aromatic N) is 1. The maximum Gasteiger partial charge on any atom is 0.263 e. The van der Waals surface area contributed by atoms with Crippen LogP contribution in [0.25, 0.3) is 0 Å². The van der Waals surface area contributed by atoms with Crippen LogP contribution in [0.2, 0.25) is 0 Å². The number of hydrogen-bond acceptors (Lipinski definition) is 3. The highest BCUT2D eigenvalue weighted by Crippen LogP contribution is 2.21. The number of aromatic nitrogens is 1. The molecular formula is C13H15FN2O3S. The van der Waals surface area contributed by atoms with E-state index < -0.39 is 15.8 Å². The Labute approximate surface area is 116 Å². The van der Waals surface area contributed by atoms with Crippen molar-refractivity contribution in [1.82, 2.24) is 4.57 Å². The van der Waals surface area contributed by atoms with E-state index in [1.165, 1.54) is 35.0 Å². The summed E-state index contributed by atoms with van der Waals surface area (Å²) in [4.78, 5) is 0.0489. The highest BCUT2D eigenvalue weighted by atomic mass is 32.2. The van der Waals surface area contributed by atoms with E-state index >= 15 is 0 Å². The first-order chi connectivity index (χ1) is 9.33. The van der Waals surface area contributed by atoms with Crippen LogP contribution in [0.5, 0.6) is 0 Å². The standard InChI is InChI=1S/C13H15FN2O3S/c1-9-5-10(14)3-4-13(9)15-20(18,19)12-6-11(8-17)16(2)7-12/h3-7,15,17H,8H2,1-2H3. The van der Waals surface area contributed by atoms with Gasteiger partial charge in [0.1, 0.15) is 10.7 Å². The van der Waals surface area contributed by atoms with Gasteiger partial charge in [0.2, 0.25) is 0 Å². The van der Waals surface area contributed by atoms with E-state index in [2.05, 4.69) is 4.72 Å². The molecule has 108 valence electrons. The summed E-state index contributed by atoms with van der Waals surface area (Å²) in [6, 6.07) is 5.20. The molecule has 0 amide bonds. The smallest absolute Gasteiger partial charge is 0.263 e. The third-order valence-corrected chi connectivity index (χ3v) is 4.32. The summed E-state index contributed by atoms with van der Waals surface area (Å²) in [6.07, 6.45) is 1.41. The first-order valence-electron chi connectivity index (χ1n) is 5.88. The molecule has 1 aromatic heterocycles. The van der Waals surface area contributed by atoms with Crippen LogP contribution in [0, 0.1) is 12.7 Å². The molecule has 0 unspecified atom stereocenters. The zero-order valence-corrected chi connectivity index (χ0v) is 11.9. The minimum absolute atomic E-state index is 0.0489. The van der Waals surface area contributed by atoms with Gasteiger partial charge in [0.05, 0.1) is 12.3 Å². The number of aliphatic hydroxyl groups is 1. The molecule has 20 heavy (non-hydrogen) atoms. The van der Waals surface area contributed by atoms with Crippen LogP contribution in [-0.2, 0) is 23.7 Å². The van der Waals surface area contributed by atoms with Crippen LogP contribution >= 0.6 is 0 Å². The van der Waals surface area contributed by atoms with Gasteiger partial charge in [0, 0.05) is 18.9 Å². The molecular weight excluding hydrogens is 283 g/mol. The van der Waals surface area contributed by atoms with E-state index in [4.69, 9.17) is 5.11 Å². The molecule has 0 saturated heterocycles. The lowest BCUT2D eigenvalue weighted by molar-refractivity contribution is 0.272. The molecule has 0 fully saturated rings. The van der Waals surface area contributed by atoms with Crippen molar-refractivity contribution in [2.75, 3.05) is 4.72 Å². The van der Waals surface area contributed by atoms with Crippen LogP contribution in [0.3, 0.4) is 0 Å². The third kappa shape index (κ3) is 2.83. The molecule has 2 rings (SSSR count). The summed E-state index contributed by atoms with van der Waals surface area (Å²) in [5.41, 5.74) is 1.30. The molecule has 2 aromatic rings. The van der Waals surface area contributed by atoms with Crippen molar-refractivity contribution in [3.8, 4) is 0 Å². The highest BCUT2D eigenvalue weighted by Gasteiger charge is 2.18. The predicted molar refractivity (Wildman–Crippen MR) is 73.3 cm³/mol. The number of hydrogen-bond donors (Lipinski definition) is 2. The lowest BCUT2D eigenvalue weighted by Gasteiger charge is -2.09. The minimum atomic E-state index is -3.76. The second-order valence-corrected chi connectivity index (χ2v) is 6.18. The first kappa shape index (κ1) is 14.5. The number of aliphatic hydroxyl groups excluding tert-OH is 1. The second kappa shape index (κ2) is 5.26. The number of nitrogens with one attached hydrogen (secondary N) is 1. The fourth-order valence-electron chi connectivity index (χ4n) is 1.83. The van der Waals surface area contributed by atoms with Crippen LogP contribution in [0.4, 0.5) is 10.1 Å². The molecule has 5 nitrogen and oxygen atoms in total. The first-order valence-corrected chi connectivity index (χ1v) is 7.37. The van der Waals surface area contributed by atoms with Gasteiger partial charge in [-0.1, -0.05) is 0 Å². The number of aryl methyl sites for hydroxylation is 2. The molecule has 0 spiro atoms. The Morgan fingerprint density at radius 3 is 2.60 bits per heavy atom. The van der Waals surface area contributed by atoms with Crippen molar-refractivity contribution in [3.63, 3.8) is 0 Å². The van der Waals surface area contributed by atoms with Gasteiger partial charge < -0.3 is 9.67 Å². The number of anilines is 1. The molecule has 1 heterocycles. The fourth-order valence-corrected chi connectivity index (χ4v) is 3.05. The van der Waals surface area contributed by atoms with E-state index in [0.29, 0.717) is 16.9 Å². The van der Waals surface area contributed by atoms with Gasteiger partial charge in [0.25, 0.3) is 10.0 Å². The van der Waals surface area contributed by atoms with Gasteiger partial charge in [-0.2, -0.15) is 0 Å². The molecule has 0 aliphatic carbocycles. The van der Waals surface area contributed by atoms with Crippen molar-refractivity contribution < 1.29 is 17.9 Å². The maximum atomic E-state index is 13.0. The largest absolute Gasteiger partial charge is 0.390 e. The average molecular weight is 298 g/mol. The average Bonchev–Trinajstić information content (AvgIpc) is 2.75. The third-order valence-electron chi connectivity index (χ3n) is 2.99. The fraction of sp³-hybridized carbons (Fsp3) is 0.231. The van der Waals surface area contributed by atoms with Crippen molar-refractivity contribution in [2.24, 2.45) is 7.05 Å². The predicted octanol–water partition coefficient (Wildman–Crippen LogP) is 1.77. The summed E-state index contributed by atoms with van der Waals surface area (Å²) in [6.45, 7) is 1.37. The Bertz CT molecular complexity index is 738. The molecule has 2 N–H and O–H groups in total. The van der Waals surface area contributed by atoms with E-state index in [1.54, 1.807) is 14.0 Å². The topological polar surface area (TPSA) is 71.3 Å². The normalized spacial score (nSPS) is 11.6. The van der Waals surface area contributed by atoms with Crippen molar-refractivity contribution in [2.45, 2.75) is 18.4 Å². The molecule has 0 saturated carbocycles. The van der Waals surface area contributed by atoms with Gasteiger partial charge in [-0.25, -0.2) is 12.8 Å². The van der Waals surface area contributed by atoms with Crippen LogP contribution in [0.1, 0.15) is 11.3 Å². The Balaban J connectivity index is 2.35. The molecule has 0 radical (unpaired) electrons. The number of benzene rings is 1. The Morgan fingerprint density at radius 2 is 2.05 bits per heavy atom. The summed E-state index contributed by atoms with van der Waals surface area (Å²) in [5.74, 6) is -0.423. The molecule has 0 atom stereocenters. The van der Waals surface area contributed by atoms with Gasteiger partial charge in [0.15, 0.2) is 0 Å². The summed E-state index contributed by atoms with van der Waals surface area (Å²) < 4.78 is 41.4. The molecule has 0 aliphatic rings. The molecule has 7 heteroatoms. The summed E-state index contributed by atoms with van der Waals surface area (Å²) >= 11 is 0. The molecule has 1 aromatic carbocycles. The van der Waals surface area contributed by atoms with Crippen LogP contribution in [-0.4, -0.2) is 18.1 Å². The minimum Gasteiger partial charge on any atom is -0.390 e. The van der Waals surface area contributed by atoms with Gasteiger partial charge in [-0.15, -0.1) is 0 Å². The lowest BCUT2D eigenvalue weighted by atomic mass is 10.2. The Morgan fingerprint density at radius 1 is 1.35 bits per heavy atom. The summed E-state index contributed by atoms with van der Waals surface area (Å²) in [5, 5.41) is 9.08. The van der Waals surface area contributed by atoms with E-state index in [0.717, 1.165) is 0 Å². The van der Waals surface area contributed by atoms with Gasteiger partial charge in [-0.05, 0) is 36.8 Å². The Hall–Kier alpha value is -1.86. The number of rotatable bonds is 4. The summed E-state index contributed by atoms with van der Waals surface area (Å²) in [7, 11) is -2.12. The monoisotopic (exact) mass is 298 g/mol. The van der Waals surface area contributed by atoms with E-state index in [1.807, 2.05) is 0 Å². The van der Waals surface area contributed by atoms with Crippen LogP contribution in [0.15, 0.2) is 35.4 Å². The lowest BCUT2D eigenvalue weighted by Crippen LogP contribution is -2.13. The molecule has 0 bridgehead atoms. The quantitative estimate of drug-likeness (QED) is 0.903. The second-order valence-electron chi connectivity index (χ2n) is 4.50. The van der Waals surface area contributed by atoms with Crippen molar-refractivity contribution >= 4 is 15.7 Å². The zero-order valence-electron chi connectivity index (χ0n) is 11.1. The van der Waals surface area contributed by atoms with E-state index in [9.17, 15) is 12.8 Å². The van der Waals surface area contributed by atoms with Crippen LogP contribution < -0.4 is 4.72 Å². The zero-order chi connectivity index (χ0) is 14.9. The number of sulfonamides is 1. The van der Waals surface area contributed by atoms with Crippen molar-refractivity contribution in [3.05, 3.63) is 47.5 Å². The number of halogens is 1. The van der Waals surface area contributed by atoms with E-state index in [-0.39, 0.29) is 11.5 Å².